The van der Waals surface area contributed by atoms with Gasteiger partial charge in [0.2, 0.25) is 0 Å². The first-order chi connectivity index (χ1) is 14.0. The molecule has 1 aromatic rings. The molecule has 2 heterocycles. The van der Waals surface area contributed by atoms with Crippen LogP contribution in [-0.2, 0) is 9.53 Å². The molecule has 0 aromatic carbocycles. The molecule has 0 bridgehead atoms. The van der Waals surface area contributed by atoms with Crippen molar-refractivity contribution in [1.29, 1.82) is 0 Å². The number of ether oxygens (including phenoxy) is 1. The molecule has 1 aliphatic carbocycles. The molecule has 3 N–H and O–H groups in total. The third kappa shape index (κ3) is 6.43. The zero-order valence-corrected chi connectivity index (χ0v) is 18.3. The van der Waals surface area contributed by atoms with Crippen LogP contribution in [0.3, 0.4) is 0 Å². The second-order valence-electron chi connectivity index (χ2n) is 8.35. The van der Waals surface area contributed by atoms with Gasteiger partial charge in [0.1, 0.15) is 12.3 Å². The van der Waals surface area contributed by atoms with E-state index in [9.17, 15) is 4.79 Å². The molecule has 29 heavy (non-hydrogen) atoms. The zero-order valence-electron chi connectivity index (χ0n) is 17.5. The van der Waals surface area contributed by atoms with Crippen LogP contribution in [0.25, 0.3) is 0 Å². The molecular formula is C23H34N2O3S. The predicted octanol–water partition coefficient (Wildman–Crippen LogP) is 4.76. The highest BCUT2D eigenvalue weighted by Gasteiger charge is 2.41. The number of nitrogens with one attached hydrogen (secondary N) is 2. The number of hydrogen-bond donors (Lipinski definition) is 3. The van der Waals surface area contributed by atoms with Gasteiger partial charge in [-0.3, -0.25) is 10.1 Å². The van der Waals surface area contributed by atoms with Gasteiger partial charge in [0.15, 0.2) is 0 Å². The van der Waals surface area contributed by atoms with Crippen molar-refractivity contribution >= 4 is 17.3 Å². The Bertz CT molecular complexity index is 723. The van der Waals surface area contributed by atoms with E-state index in [0.29, 0.717) is 18.5 Å². The molecule has 2 aliphatic rings. The molecule has 3 unspecified atom stereocenters. The lowest BCUT2D eigenvalue weighted by Crippen LogP contribution is -2.28. The van der Waals surface area contributed by atoms with Gasteiger partial charge in [-0.05, 0) is 48.8 Å². The topological polar surface area (TPSA) is 73.9 Å². The van der Waals surface area contributed by atoms with Crippen LogP contribution >= 0.6 is 11.3 Å². The minimum Gasteiger partial charge on any atom is -0.481 e. The lowest BCUT2D eigenvalue weighted by molar-refractivity contribution is -0.136. The maximum Gasteiger partial charge on any atom is 0.304 e. The maximum atomic E-state index is 10.6. The van der Waals surface area contributed by atoms with Crippen molar-refractivity contribution in [2.75, 3.05) is 6.54 Å². The first-order valence-electron chi connectivity index (χ1n) is 10.7. The van der Waals surface area contributed by atoms with E-state index in [4.69, 9.17) is 9.84 Å². The van der Waals surface area contributed by atoms with E-state index >= 15 is 0 Å². The minimum absolute atomic E-state index is 0.0426. The van der Waals surface area contributed by atoms with Crippen molar-refractivity contribution in [1.82, 2.24) is 10.6 Å². The third-order valence-corrected chi connectivity index (χ3v) is 7.08. The largest absolute Gasteiger partial charge is 0.481 e. The SMILES string of the molecule is C=C(/C=C\[C@@H](C)C1OC1NCCC(=O)O)NC(c1sccc1C)C1CCCCC1. The van der Waals surface area contributed by atoms with Gasteiger partial charge >= 0.3 is 5.97 Å². The fourth-order valence-electron chi connectivity index (χ4n) is 4.20. The molecule has 3 rings (SSSR count). The quantitative estimate of drug-likeness (QED) is 0.357. The monoisotopic (exact) mass is 418 g/mol. The Hall–Kier alpha value is -1.63. The molecule has 1 saturated heterocycles. The van der Waals surface area contributed by atoms with E-state index in [0.717, 1.165) is 5.70 Å². The summed E-state index contributed by atoms with van der Waals surface area (Å²) in [5.74, 6) is 0.115. The molecule has 160 valence electrons. The lowest BCUT2D eigenvalue weighted by Gasteiger charge is -2.32. The van der Waals surface area contributed by atoms with Gasteiger partial charge in [-0.15, -0.1) is 11.3 Å². The number of carboxylic acid groups (broad SMARTS) is 1. The Morgan fingerprint density at radius 3 is 2.83 bits per heavy atom. The van der Waals surface area contributed by atoms with Crippen LogP contribution in [0.5, 0.6) is 0 Å². The fourth-order valence-corrected chi connectivity index (χ4v) is 5.27. The summed E-state index contributed by atoms with van der Waals surface area (Å²) in [5, 5.41) is 17.7. The van der Waals surface area contributed by atoms with Gasteiger partial charge in [0.25, 0.3) is 0 Å². The molecule has 0 spiro atoms. The Balaban J connectivity index is 1.52. The molecule has 1 saturated carbocycles. The van der Waals surface area contributed by atoms with Gasteiger partial charge < -0.3 is 15.2 Å². The van der Waals surface area contributed by atoms with E-state index in [-0.39, 0.29) is 24.7 Å². The first-order valence-corrected chi connectivity index (χ1v) is 11.6. The summed E-state index contributed by atoms with van der Waals surface area (Å²) in [6.45, 7) is 9.01. The van der Waals surface area contributed by atoms with Gasteiger partial charge in [-0.1, -0.05) is 38.8 Å². The van der Waals surface area contributed by atoms with Crippen LogP contribution in [-0.4, -0.2) is 30.0 Å². The molecule has 0 radical (unpaired) electrons. The zero-order chi connectivity index (χ0) is 20.8. The van der Waals surface area contributed by atoms with Crippen LogP contribution in [0.2, 0.25) is 0 Å². The van der Waals surface area contributed by atoms with Crippen molar-refractivity contribution in [2.45, 2.75) is 70.7 Å². The third-order valence-electron chi connectivity index (χ3n) is 5.98. The summed E-state index contributed by atoms with van der Waals surface area (Å²) in [6, 6.07) is 2.55. The average Bonchev–Trinajstić information content (AvgIpc) is 3.36. The fraction of sp³-hybridized carbons (Fsp3) is 0.609. The smallest absolute Gasteiger partial charge is 0.304 e. The summed E-state index contributed by atoms with van der Waals surface area (Å²) >= 11 is 1.84. The molecule has 4 atom stereocenters. The van der Waals surface area contributed by atoms with Crippen LogP contribution in [0, 0.1) is 18.8 Å². The van der Waals surface area contributed by atoms with Crippen LogP contribution in [0.1, 0.15) is 61.9 Å². The normalized spacial score (nSPS) is 24.3. The summed E-state index contributed by atoms with van der Waals surface area (Å²) < 4.78 is 5.64. The van der Waals surface area contributed by atoms with Crippen LogP contribution in [0.4, 0.5) is 0 Å². The second-order valence-corrected chi connectivity index (χ2v) is 9.30. The van der Waals surface area contributed by atoms with Gasteiger partial charge in [0, 0.05) is 23.0 Å². The van der Waals surface area contributed by atoms with Crippen molar-refractivity contribution < 1.29 is 14.6 Å². The highest BCUT2D eigenvalue weighted by Crippen LogP contribution is 2.38. The lowest BCUT2D eigenvalue weighted by atomic mass is 9.82. The number of thiophene rings is 1. The van der Waals surface area contributed by atoms with Gasteiger partial charge in [-0.2, -0.15) is 0 Å². The number of aryl methyl sites for hydroxylation is 1. The van der Waals surface area contributed by atoms with Crippen molar-refractivity contribution in [3.8, 4) is 0 Å². The van der Waals surface area contributed by atoms with Gasteiger partial charge in [-0.25, -0.2) is 0 Å². The van der Waals surface area contributed by atoms with E-state index in [1.807, 2.05) is 11.3 Å². The number of carboxylic acids is 1. The minimum atomic E-state index is -0.793. The van der Waals surface area contributed by atoms with Crippen LogP contribution in [0.15, 0.2) is 35.9 Å². The standard InChI is InChI=1S/C23H34N2O3S/c1-15(21-23(28-21)24-13-11-19(26)27)9-10-17(3)25-20(18-7-5-4-6-8-18)22-16(2)12-14-29-22/h9-10,12,14-15,18,20-21,23-25H,3-8,11,13H2,1-2H3,(H,26,27)/b10-9-/t15-,20?,21?,23?/m1/s1. The first kappa shape index (κ1) is 22.1. The maximum absolute atomic E-state index is 10.6. The van der Waals surface area contributed by atoms with E-state index in [1.54, 1.807) is 0 Å². The number of aliphatic carboxylic acids is 1. The molecule has 1 aliphatic heterocycles. The summed E-state index contributed by atoms with van der Waals surface area (Å²) in [5.41, 5.74) is 2.31. The number of carbonyl (C=O) groups is 1. The molecule has 6 heteroatoms. The van der Waals surface area contributed by atoms with Crippen molar-refractivity contribution in [3.63, 3.8) is 0 Å². The van der Waals surface area contributed by atoms with E-state index in [2.05, 4.69) is 54.7 Å². The Kier molecular flexibility index (Phi) is 7.92. The highest BCUT2D eigenvalue weighted by molar-refractivity contribution is 7.10. The summed E-state index contributed by atoms with van der Waals surface area (Å²) in [7, 11) is 0. The summed E-state index contributed by atoms with van der Waals surface area (Å²) in [6.07, 6.45) is 10.9. The Morgan fingerprint density at radius 1 is 1.41 bits per heavy atom. The Morgan fingerprint density at radius 2 is 2.17 bits per heavy atom. The Labute approximate surface area is 178 Å². The van der Waals surface area contributed by atoms with E-state index in [1.165, 1.54) is 42.5 Å². The number of epoxide rings is 1. The average molecular weight is 419 g/mol. The van der Waals surface area contributed by atoms with Crippen molar-refractivity contribution in [2.24, 2.45) is 11.8 Å². The molecule has 5 nitrogen and oxygen atoms in total. The summed E-state index contributed by atoms with van der Waals surface area (Å²) in [4.78, 5) is 12.0. The van der Waals surface area contributed by atoms with Crippen molar-refractivity contribution in [3.05, 3.63) is 46.3 Å². The molecule has 1 aromatic heterocycles. The van der Waals surface area contributed by atoms with Gasteiger partial charge in [0.05, 0.1) is 12.5 Å². The molecular weight excluding hydrogens is 384 g/mol. The number of rotatable bonds is 11. The second kappa shape index (κ2) is 10.4. The number of allylic oxidation sites excluding steroid dienone is 1. The number of hydrogen-bond acceptors (Lipinski definition) is 5. The van der Waals surface area contributed by atoms with E-state index < -0.39 is 5.97 Å². The highest BCUT2D eigenvalue weighted by atomic mass is 32.1. The molecule has 2 fully saturated rings. The predicted molar refractivity (Wildman–Crippen MR) is 118 cm³/mol. The molecule has 0 amide bonds. The van der Waals surface area contributed by atoms with Crippen LogP contribution < -0.4 is 10.6 Å².